The SMILES string of the molecule is O=NC(Cl)c1cc(F)ccc1F. The summed E-state index contributed by atoms with van der Waals surface area (Å²) in [6, 6.07) is 2.67. The van der Waals surface area contributed by atoms with Crippen molar-refractivity contribution in [3.63, 3.8) is 0 Å². The molecule has 12 heavy (non-hydrogen) atoms. The van der Waals surface area contributed by atoms with E-state index in [1.807, 2.05) is 0 Å². The van der Waals surface area contributed by atoms with Gasteiger partial charge < -0.3 is 0 Å². The number of hydrogen-bond acceptors (Lipinski definition) is 2. The molecule has 0 aromatic heterocycles. The van der Waals surface area contributed by atoms with Gasteiger partial charge in [-0.25, -0.2) is 8.78 Å². The van der Waals surface area contributed by atoms with E-state index in [-0.39, 0.29) is 5.56 Å². The minimum absolute atomic E-state index is 0.244. The summed E-state index contributed by atoms with van der Waals surface area (Å²) in [6.07, 6.45) is 0. The number of rotatable bonds is 2. The summed E-state index contributed by atoms with van der Waals surface area (Å²) >= 11 is 5.28. The Balaban J connectivity index is 3.12. The highest BCUT2D eigenvalue weighted by molar-refractivity contribution is 6.20. The zero-order chi connectivity index (χ0) is 9.14. The van der Waals surface area contributed by atoms with Crippen molar-refractivity contribution in [2.45, 2.75) is 5.50 Å². The molecule has 0 saturated carbocycles. The lowest BCUT2D eigenvalue weighted by Gasteiger charge is -2.01. The minimum atomic E-state index is -1.37. The predicted octanol–water partition coefficient (Wildman–Crippen LogP) is 2.97. The highest BCUT2D eigenvalue weighted by atomic mass is 35.5. The first-order chi connectivity index (χ1) is 5.65. The van der Waals surface area contributed by atoms with Crippen molar-refractivity contribution in [3.8, 4) is 0 Å². The molecule has 1 rings (SSSR count). The third-order valence-corrected chi connectivity index (χ3v) is 1.62. The van der Waals surface area contributed by atoms with Gasteiger partial charge in [0.25, 0.3) is 0 Å². The molecule has 64 valence electrons. The lowest BCUT2D eigenvalue weighted by Crippen LogP contribution is -1.92. The topological polar surface area (TPSA) is 29.4 Å². The van der Waals surface area contributed by atoms with Gasteiger partial charge in [-0.2, -0.15) is 0 Å². The predicted molar refractivity (Wildman–Crippen MR) is 40.7 cm³/mol. The molecule has 1 atom stereocenters. The van der Waals surface area contributed by atoms with Crippen molar-refractivity contribution in [1.29, 1.82) is 0 Å². The molecule has 0 fully saturated rings. The third-order valence-electron chi connectivity index (χ3n) is 1.31. The van der Waals surface area contributed by atoms with Crippen molar-refractivity contribution in [3.05, 3.63) is 40.3 Å². The maximum atomic E-state index is 12.8. The minimum Gasteiger partial charge on any atom is -0.207 e. The van der Waals surface area contributed by atoms with E-state index in [1.165, 1.54) is 0 Å². The number of nitroso groups, excluding NO2 is 1. The van der Waals surface area contributed by atoms with Crippen LogP contribution < -0.4 is 0 Å². The van der Waals surface area contributed by atoms with Crippen molar-refractivity contribution >= 4 is 11.6 Å². The monoisotopic (exact) mass is 191 g/mol. The number of hydrogen-bond donors (Lipinski definition) is 0. The third kappa shape index (κ3) is 1.76. The first-order valence-electron chi connectivity index (χ1n) is 3.06. The van der Waals surface area contributed by atoms with Crippen molar-refractivity contribution < 1.29 is 8.78 Å². The molecule has 5 heteroatoms. The molecular formula is C7H4ClF2NO. The van der Waals surface area contributed by atoms with E-state index in [4.69, 9.17) is 11.6 Å². The quantitative estimate of drug-likeness (QED) is 0.401. The fourth-order valence-electron chi connectivity index (χ4n) is 0.754. The fraction of sp³-hybridized carbons (Fsp3) is 0.143. The Kier molecular flexibility index (Phi) is 2.70. The fourth-order valence-corrected chi connectivity index (χ4v) is 0.921. The van der Waals surface area contributed by atoms with E-state index in [2.05, 4.69) is 5.18 Å². The summed E-state index contributed by atoms with van der Waals surface area (Å²) in [5.41, 5.74) is -1.62. The normalized spacial score (nSPS) is 12.6. The Bertz CT molecular complexity index is 305. The second-order valence-corrected chi connectivity index (χ2v) is 2.52. The maximum Gasteiger partial charge on any atom is 0.193 e. The van der Waals surface area contributed by atoms with Crippen LogP contribution in [0.1, 0.15) is 11.1 Å². The number of alkyl halides is 1. The zero-order valence-electron chi connectivity index (χ0n) is 5.80. The summed E-state index contributed by atoms with van der Waals surface area (Å²) in [5.74, 6) is -1.39. The van der Waals surface area contributed by atoms with E-state index < -0.39 is 17.1 Å². The van der Waals surface area contributed by atoms with Crippen LogP contribution in [0, 0.1) is 16.5 Å². The largest absolute Gasteiger partial charge is 0.207 e. The maximum absolute atomic E-state index is 12.8. The summed E-state index contributed by atoms with van der Waals surface area (Å²) < 4.78 is 25.2. The van der Waals surface area contributed by atoms with Gasteiger partial charge in [-0.05, 0) is 23.4 Å². The van der Waals surface area contributed by atoms with Gasteiger partial charge in [-0.1, -0.05) is 11.6 Å². The molecule has 1 unspecified atom stereocenters. The molecule has 0 aliphatic rings. The Morgan fingerprint density at radius 1 is 1.42 bits per heavy atom. The Labute approximate surface area is 72.1 Å². The average Bonchev–Trinajstić information content (AvgIpc) is 2.08. The molecule has 0 saturated heterocycles. The smallest absolute Gasteiger partial charge is 0.193 e. The average molecular weight is 192 g/mol. The molecule has 0 radical (unpaired) electrons. The lowest BCUT2D eigenvalue weighted by molar-refractivity contribution is 0.583. The first kappa shape index (κ1) is 9.06. The Hall–Kier alpha value is -1.03. The number of benzene rings is 1. The molecular weight excluding hydrogens is 188 g/mol. The summed E-state index contributed by atoms with van der Waals surface area (Å²) in [6.45, 7) is 0. The van der Waals surface area contributed by atoms with Crippen LogP contribution in [0.3, 0.4) is 0 Å². The summed E-state index contributed by atoms with van der Waals surface area (Å²) in [4.78, 5) is 9.90. The summed E-state index contributed by atoms with van der Waals surface area (Å²) in [5, 5.41) is 2.37. The number of halogens is 3. The van der Waals surface area contributed by atoms with Crippen LogP contribution in [0.5, 0.6) is 0 Å². The van der Waals surface area contributed by atoms with Gasteiger partial charge in [-0.3, -0.25) is 0 Å². The van der Waals surface area contributed by atoms with Crippen molar-refractivity contribution in [1.82, 2.24) is 0 Å². The molecule has 1 aromatic rings. The Morgan fingerprint density at radius 3 is 2.67 bits per heavy atom. The molecule has 0 spiro atoms. The summed E-state index contributed by atoms with van der Waals surface area (Å²) in [7, 11) is 0. The van der Waals surface area contributed by atoms with Crippen LogP contribution in [-0.2, 0) is 0 Å². The first-order valence-corrected chi connectivity index (χ1v) is 3.50. The zero-order valence-corrected chi connectivity index (χ0v) is 6.55. The van der Waals surface area contributed by atoms with Crippen LogP contribution >= 0.6 is 11.6 Å². The van der Waals surface area contributed by atoms with E-state index in [1.54, 1.807) is 0 Å². The highest BCUT2D eigenvalue weighted by Crippen LogP contribution is 2.24. The van der Waals surface area contributed by atoms with Crippen molar-refractivity contribution in [2.75, 3.05) is 0 Å². The number of nitrogens with zero attached hydrogens (tertiary/aromatic N) is 1. The molecule has 0 aliphatic heterocycles. The van der Waals surface area contributed by atoms with E-state index in [9.17, 15) is 13.7 Å². The van der Waals surface area contributed by atoms with Gasteiger partial charge >= 0.3 is 0 Å². The van der Waals surface area contributed by atoms with Gasteiger partial charge in [0.1, 0.15) is 11.6 Å². The standard InChI is InChI=1S/C7H4ClF2NO/c8-7(11-12)5-3-4(9)1-2-6(5)10/h1-3,7H. The second kappa shape index (κ2) is 3.58. The van der Waals surface area contributed by atoms with Crippen LogP contribution in [0.15, 0.2) is 23.4 Å². The molecule has 0 bridgehead atoms. The van der Waals surface area contributed by atoms with E-state index >= 15 is 0 Å². The van der Waals surface area contributed by atoms with Gasteiger partial charge in [0.15, 0.2) is 5.50 Å². The van der Waals surface area contributed by atoms with Crippen LogP contribution in [0.25, 0.3) is 0 Å². The van der Waals surface area contributed by atoms with Gasteiger partial charge in [-0.15, -0.1) is 4.91 Å². The van der Waals surface area contributed by atoms with Crippen molar-refractivity contribution in [2.24, 2.45) is 5.18 Å². The van der Waals surface area contributed by atoms with Crippen LogP contribution in [0.4, 0.5) is 8.78 Å². The van der Waals surface area contributed by atoms with Gasteiger partial charge in [0.2, 0.25) is 0 Å². The molecule has 0 N–H and O–H groups in total. The lowest BCUT2D eigenvalue weighted by atomic mass is 10.2. The highest BCUT2D eigenvalue weighted by Gasteiger charge is 2.13. The Morgan fingerprint density at radius 2 is 2.08 bits per heavy atom. The van der Waals surface area contributed by atoms with Gasteiger partial charge in [0, 0.05) is 5.56 Å². The molecule has 0 amide bonds. The van der Waals surface area contributed by atoms with Crippen LogP contribution in [-0.4, -0.2) is 0 Å². The second-order valence-electron chi connectivity index (χ2n) is 2.11. The molecule has 0 heterocycles. The van der Waals surface area contributed by atoms with E-state index in [0.29, 0.717) is 0 Å². The van der Waals surface area contributed by atoms with E-state index in [0.717, 1.165) is 18.2 Å². The molecule has 1 aromatic carbocycles. The molecule has 2 nitrogen and oxygen atoms in total. The van der Waals surface area contributed by atoms with Crippen LogP contribution in [0.2, 0.25) is 0 Å². The molecule has 0 aliphatic carbocycles. The van der Waals surface area contributed by atoms with Gasteiger partial charge in [0.05, 0.1) is 0 Å².